The largest absolute Gasteiger partial charge is 0.443 e. The van der Waals surface area contributed by atoms with Crippen LogP contribution in [-0.2, 0) is 16.0 Å². The Morgan fingerprint density at radius 2 is 1.53 bits per heavy atom. The molecule has 1 aliphatic heterocycles. The standard InChI is InChI=1S/C29H35N3O4/c1-28(2,3)26-30(7)25(34)23(32(26)24(33)19-13-9-8-10-14-19)17-20-18-31(27(35)36-29(4,5)6)22-16-12-11-15-21(20)22/h8-16,18,23,26H,17H2,1-7H3. The van der Waals surface area contributed by atoms with Crippen molar-refractivity contribution in [2.45, 2.75) is 65.8 Å². The van der Waals surface area contributed by atoms with Gasteiger partial charge in [0.1, 0.15) is 17.8 Å². The highest BCUT2D eigenvalue weighted by Crippen LogP contribution is 2.37. The van der Waals surface area contributed by atoms with Crippen LogP contribution in [0.1, 0.15) is 57.5 Å². The number of nitrogens with zero attached hydrogens (tertiary/aromatic N) is 3. The van der Waals surface area contributed by atoms with Crippen molar-refractivity contribution in [3.63, 3.8) is 0 Å². The maximum Gasteiger partial charge on any atom is 0.419 e. The van der Waals surface area contributed by atoms with Crippen LogP contribution in [0.15, 0.2) is 60.8 Å². The lowest BCUT2D eigenvalue weighted by atomic mass is 9.90. The van der Waals surface area contributed by atoms with Gasteiger partial charge in [-0.15, -0.1) is 0 Å². The van der Waals surface area contributed by atoms with Crippen molar-refractivity contribution in [3.05, 3.63) is 71.9 Å². The lowest BCUT2D eigenvalue weighted by molar-refractivity contribution is -0.129. The molecule has 2 atom stereocenters. The Hall–Kier alpha value is -3.61. The van der Waals surface area contributed by atoms with E-state index in [1.54, 1.807) is 35.2 Å². The first kappa shape index (κ1) is 25.5. The molecule has 36 heavy (non-hydrogen) atoms. The minimum absolute atomic E-state index is 0.117. The summed E-state index contributed by atoms with van der Waals surface area (Å²) in [4.78, 5) is 43.8. The van der Waals surface area contributed by atoms with Gasteiger partial charge in [-0.1, -0.05) is 57.2 Å². The maximum absolute atomic E-state index is 13.8. The SMILES string of the molecule is CN1C(=O)C(Cc2cn(C(=O)OC(C)(C)C)c3ccccc23)N(C(=O)c2ccccc2)C1C(C)(C)C. The zero-order chi connectivity index (χ0) is 26.4. The van der Waals surface area contributed by atoms with Gasteiger partial charge in [-0.25, -0.2) is 4.79 Å². The first-order chi connectivity index (χ1) is 16.8. The molecule has 4 rings (SSSR count). The highest BCUT2D eigenvalue weighted by Gasteiger charge is 2.51. The quantitative estimate of drug-likeness (QED) is 0.499. The lowest BCUT2D eigenvalue weighted by Crippen LogP contribution is -2.51. The van der Waals surface area contributed by atoms with E-state index in [1.807, 2.05) is 84.0 Å². The maximum atomic E-state index is 13.8. The number of hydrogen-bond donors (Lipinski definition) is 0. The fourth-order valence-corrected chi connectivity index (χ4v) is 5.08. The molecule has 3 aromatic rings. The van der Waals surface area contributed by atoms with Crippen molar-refractivity contribution in [2.75, 3.05) is 7.05 Å². The first-order valence-corrected chi connectivity index (χ1v) is 12.3. The van der Waals surface area contributed by atoms with Crippen molar-refractivity contribution in [3.8, 4) is 0 Å². The van der Waals surface area contributed by atoms with Gasteiger partial charge in [0, 0.05) is 36.0 Å². The minimum atomic E-state index is -0.704. The van der Waals surface area contributed by atoms with Crippen LogP contribution in [0.25, 0.3) is 10.9 Å². The summed E-state index contributed by atoms with van der Waals surface area (Å²) >= 11 is 0. The Bertz CT molecular complexity index is 1300. The summed E-state index contributed by atoms with van der Waals surface area (Å²) in [7, 11) is 1.76. The number of para-hydroxylation sites is 1. The summed E-state index contributed by atoms with van der Waals surface area (Å²) < 4.78 is 7.11. The Kier molecular flexibility index (Phi) is 6.45. The average Bonchev–Trinajstić information content (AvgIpc) is 3.29. The van der Waals surface area contributed by atoms with E-state index < -0.39 is 23.9 Å². The molecule has 2 aromatic carbocycles. The third kappa shape index (κ3) is 4.74. The predicted octanol–water partition coefficient (Wildman–Crippen LogP) is 5.32. The summed E-state index contributed by atoms with van der Waals surface area (Å²) in [5.74, 6) is -0.303. The summed E-state index contributed by atoms with van der Waals surface area (Å²) in [5, 5.41) is 0.852. The van der Waals surface area contributed by atoms with Crippen LogP contribution in [0.3, 0.4) is 0 Å². The third-order valence-corrected chi connectivity index (χ3v) is 6.43. The van der Waals surface area contributed by atoms with Gasteiger partial charge in [0.15, 0.2) is 0 Å². The monoisotopic (exact) mass is 489 g/mol. The molecule has 0 radical (unpaired) electrons. The third-order valence-electron chi connectivity index (χ3n) is 6.43. The fourth-order valence-electron chi connectivity index (χ4n) is 5.08. The molecule has 0 aliphatic carbocycles. The van der Waals surface area contributed by atoms with E-state index in [2.05, 4.69) is 0 Å². The van der Waals surface area contributed by atoms with Gasteiger partial charge < -0.3 is 14.5 Å². The number of rotatable bonds is 3. The van der Waals surface area contributed by atoms with Gasteiger partial charge in [0.05, 0.1) is 5.52 Å². The molecule has 2 heterocycles. The molecular formula is C29H35N3O4. The summed E-state index contributed by atoms with van der Waals surface area (Å²) in [6, 6.07) is 15.9. The Morgan fingerprint density at radius 1 is 0.917 bits per heavy atom. The zero-order valence-corrected chi connectivity index (χ0v) is 22.1. The number of likely N-dealkylation sites (N-methyl/N-ethyl adjacent to an activating group) is 1. The average molecular weight is 490 g/mol. The van der Waals surface area contributed by atoms with Crippen LogP contribution in [0.5, 0.6) is 0 Å². The van der Waals surface area contributed by atoms with E-state index in [-0.39, 0.29) is 23.7 Å². The lowest BCUT2D eigenvalue weighted by Gasteiger charge is -2.39. The summed E-state index contributed by atoms with van der Waals surface area (Å²) in [5.41, 5.74) is 1.04. The predicted molar refractivity (Wildman–Crippen MR) is 140 cm³/mol. The molecule has 0 spiro atoms. The minimum Gasteiger partial charge on any atom is -0.443 e. The smallest absolute Gasteiger partial charge is 0.419 e. The number of ether oxygens (including phenoxy) is 1. The molecule has 1 aromatic heterocycles. The zero-order valence-electron chi connectivity index (χ0n) is 22.1. The fraction of sp³-hybridized carbons (Fsp3) is 0.414. The molecule has 7 nitrogen and oxygen atoms in total. The molecule has 1 fully saturated rings. The van der Waals surface area contributed by atoms with Crippen LogP contribution in [0.4, 0.5) is 4.79 Å². The van der Waals surface area contributed by atoms with Gasteiger partial charge in [-0.05, 0) is 44.5 Å². The second-order valence-corrected chi connectivity index (χ2v) is 11.5. The molecule has 2 unspecified atom stereocenters. The van der Waals surface area contributed by atoms with E-state index in [9.17, 15) is 14.4 Å². The topological polar surface area (TPSA) is 71.9 Å². The van der Waals surface area contributed by atoms with Crippen molar-refractivity contribution in [1.29, 1.82) is 0 Å². The number of carbonyl (C=O) groups excluding carboxylic acids is 3. The van der Waals surface area contributed by atoms with Crippen molar-refractivity contribution >= 4 is 28.8 Å². The van der Waals surface area contributed by atoms with E-state index in [0.717, 1.165) is 10.9 Å². The molecule has 2 amide bonds. The molecule has 0 N–H and O–H groups in total. The van der Waals surface area contributed by atoms with Gasteiger partial charge in [-0.2, -0.15) is 0 Å². The van der Waals surface area contributed by atoms with Crippen LogP contribution in [0, 0.1) is 5.41 Å². The van der Waals surface area contributed by atoms with Gasteiger partial charge in [0.2, 0.25) is 5.91 Å². The van der Waals surface area contributed by atoms with Gasteiger partial charge in [-0.3, -0.25) is 14.2 Å². The van der Waals surface area contributed by atoms with E-state index >= 15 is 0 Å². The normalized spacial score (nSPS) is 18.7. The van der Waals surface area contributed by atoms with Crippen molar-refractivity contribution < 1.29 is 19.1 Å². The summed E-state index contributed by atoms with van der Waals surface area (Å²) in [6.45, 7) is 11.6. The molecule has 1 aliphatic rings. The number of benzene rings is 2. The Balaban J connectivity index is 1.78. The Morgan fingerprint density at radius 3 is 2.14 bits per heavy atom. The van der Waals surface area contributed by atoms with Gasteiger partial charge >= 0.3 is 6.09 Å². The van der Waals surface area contributed by atoms with E-state index in [4.69, 9.17) is 4.74 Å². The number of hydrogen-bond acceptors (Lipinski definition) is 4. The summed E-state index contributed by atoms with van der Waals surface area (Å²) in [6.07, 6.45) is 1.12. The van der Waals surface area contributed by atoms with Crippen LogP contribution >= 0.6 is 0 Å². The Labute approximate surface area is 212 Å². The van der Waals surface area contributed by atoms with Gasteiger partial charge in [0.25, 0.3) is 5.91 Å². The van der Waals surface area contributed by atoms with E-state index in [0.29, 0.717) is 11.1 Å². The second-order valence-electron chi connectivity index (χ2n) is 11.5. The first-order valence-electron chi connectivity index (χ1n) is 12.3. The molecule has 0 bridgehead atoms. The number of carbonyl (C=O) groups is 3. The van der Waals surface area contributed by atoms with Crippen molar-refractivity contribution in [2.24, 2.45) is 5.41 Å². The van der Waals surface area contributed by atoms with E-state index in [1.165, 1.54) is 4.57 Å². The van der Waals surface area contributed by atoms with Crippen LogP contribution in [-0.4, -0.2) is 57.1 Å². The molecule has 1 saturated heterocycles. The van der Waals surface area contributed by atoms with Crippen LogP contribution in [0.2, 0.25) is 0 Å². The number of amides is 2. The number of aromatic nitrogens is 1. The van der Waals surface area contributed by atoms with Crippen molar-refractivity contribution in [1.82, 2.24) is 14.4 Å². The second kappa shape index (κ2) is 9.12. The van der Waals surface area contributed by atoms with Crippen LogP contribution < -0.4 is 0 Å². The molecule has 0 saturated carbocycles. The highest BCUT2D eigenvalue weighted by molar-refractivity contribution is 6.00. The molecule has 190 valence electrons. The molecular weight excluding hydrogens is 454 g/mol. The number of fused-ring (bicyclic) bond motifs is 1. The molecule has 7 heteroatoms. The highest BCUT2D eigenvalue weighted by atomic mass is 16.6.